The van der Waals surface area contributed by atoms with Gasteiger partial charge in [-0.2, -0.15) is 4.99 Å². The molecule has 6 nitrogen and oxygen atoms in total. The molecule has 0 saturated carbocycles. The number of nitrogens with zero attached hydrogens (tertiary/aromatic N) is 1. The molecule has 2 N–H and O–H groups in total. The largest absolute Gasteiger partial charge is 0.480 e. The van der Waals surface area contributed by atoms with Gasteiger partial charge in [0, 0.05) is 12.0 Å². The molecule has 1 unspecified atom stereocenters. The first-order valence-electron chi connectivity index (χ1n) is 6.44. The van der Waals surface area contributed by atoms with Gasteiger partial charge in [0.15, 0.2) is 0 Å². The second-order valence-electron chi connectivity index (χ2n) is 5.07. The van der Waals surface area contributed by atoms with E-state index in [9.17, 15) is 24.6 Å². The fraction of sp³-hybridized carbons (Fsp3) is 0.188. The lowest BCUT2D eigenvalue weighted by atomic mass is 9.71. The molecule has 1 atom stereocenters. The highest BCUT2D eigenvalue weighted by molar-refractivity contribution is 5.93. The molecule has 2 rings (SSSR count). The molecule has 112 valence electrons. The first-order chi connectivity index (χ1) is 10.4. The molecule has 6 heteroatoms. The van der Waals surface area contributed by atoms with E-state index in [0.29, 0.717) is 11.1 Å². The molecular formula is C16H13NO5. The summed E-state index contributed by atoms with van der Waals surface area (Å²) in [4.78, 5) is 37.0. The van der Waals surface area contributed by atoms with Crippen molar-refractivity contribution in [3.8, 4) is 0 Å². The summed E-state index contributed by atoms with van der Waals surface area (Å²) in [5.41, 5.74) is -0.295. The minimum atomic E-state index is -1.50. The number of carboxylic acid groups (broad SMARTS) is 2. The summed E-state index contributed by atoms with van der Waals surface area (Å²) in [7, 11) is 0. The van der Waals surface area contributed by atoms with Crippen LogP contribution in [0.5, 0.6) is 0 Å². The standard InChI is InChI=1S/C16H13NO5/c1-10-5-11(14(19)20)8-16(7-10,15(21)22)12-3-2-4-13(6-12)17-9-18/h2-7H,8H2,1H3,(H,19,20)(H,21,22). The Morgan fingerprint density at radius 3 is 2.64 bits per heavy atom. The van der Waals surface area contributed by atoms with Crippen molar-refractivity contribution < 1.29 is 24.6 Å². The first-order valence-corrected chi connectivity index (χ1v) is 6.44. The van der Waals surface area contributed by atoms with Crippen LogP contribution in [-0.4, -0.2) is 28.2 Å². The Kier molecular flexibility index (Phi) is 4.06. The number of hydrogen-bond donors (Lipinski definition) is 2. The van der Waals surface area contributed by atoms with E-state index in [1.165, 1.54) is 30.4 Å². The number of aliphatic imine (C=N–C) groups is 1. The van der Waals surface area contributed by atoms with E-state index < -0.39 is 17.4 Å². The summed E-state index contributed by atoms with van der Waals surface area (Å²) in [5, 5.41) is 18.9. The van der Waals surface area contributed by atoms with E-state index in [1.54, 1.807) is 19.1 Å². The Morgan fingerprint density at radius 1 is 1.32 bits per heavy atom. The Labute approximate surface area is 126 Å². The molecule has 0 bridgehead atoms. The third-order valence-corrected chi connectivity index (χ3v) is 3.54. The molecule has 0 radical (unpaired) electrons. The predicted octanol–water partition coefficient (Wildman–Crippen LogP) is 2.34. The highest BCUT2D eigenvalue weighted by atomic mass is 16.4. The smallest absolute Gasteiger partial charge is 0.331 e. The van der Waals surface area contributed by atoms with Crippen LogP contribution in [-0.2, 0) is 19.8 Å². The molecule has 1 aromatic rings. The maximum atomic E-state index is 11.9. The van der Waals surface area contributed by atoms with Crippen LogP contribution in [0.15, 0.2) is 52.6 Å². The van der Waals surface area contributed by atoms with Gasteiger partial charge in [-0.15, -0.1) is 0 Å². The van der Waals surface area contributed by atoms with E-state index in [1.807, 2.05) is 0 Å². The van der Waals surface area contributed by atoms with Crippen LogP contribution in [0.1, 0.15) is 18.9 Å². The monoisotopic (exact) mass is 299 g/mol. The molecule has 0 aromatic heterocycles. The SMILES string of the molecule is CC1=CC(C(=O)O)(c2cccc(N=C=O)c2)CC(C(=O)O)=C1. The molecule has 0 aliphatic heterocycles. The number of carboxylic acids is 2. The van der Waals surface area contributed by atoms with Crippen LogP contribution in [0.3, 0.4) is 0 Å². The van der Waals surface area contributed by atoms with Crippen molar-refractivity contribution in [3.05, 3.63) is 53.1 Å². The molecule has 22 heavy (non-hydrogen) atoms. The van der Waals surface area contributed by atoms with E-state index in [4.69, 9.17) is 0 Å². The minimum absolute atomic E-state index is 0.0201. The molecule has 0 heterocycles. The number of hydrogen-bond acceptors (Lipinski definition) is 4. The number of rotatable bonds is 4. The second kappa shape index (κ2) is 5.79. The average molecular weight is 299 g/mol. The van der Waals surface area contributed by atoms with Crippen molar-refractivity contribution in [2.75, 3.05) is 0 Å². The molecule has 1 aliphatic carbocycles. The van der Waals surface area contributed by atoms with Gasteiger partial charge in [-0.1, -0.05) is 23.8 Å². The summed E-state index contributed by atoms with van der Waals surface area (Å²) >= 11 is 0. The van der Waals surface area contributed by atoms with E-state index in [-0.39, 0.29) is 17.7 Å². The van der Waals surface area contributed by atoms with Gasteiger partial charge in [-0.25, -0.2) is 9.59 Å². The Bertz CT molecular complexity index is 756. The number of carbonyl (C=O) groups is 2. The molecule has 0 fully saturated rings. The Morgan fingerprint density at radius 2 is 2.05 bits per heavy atom. The molecule has 0 saturated heterocycles. The van der Waals surface area contributed by atoms with Crippen molar-refractivity contribution in [3.63, 3.8) is 0 Å². The average Bonchev–Trinajstić information content (AvgIpc) is 2.47. The zero-order chi connectivity index (χ0) is 16.3. The van der Waals surface area contributed by atoms with Gasteiger partial charge >= 0.3 is 11.9 Å². The molecule has 1 aliphatic rings. The highest BCUT2D eigenvalue weighted by Crippen LogP contribution is 2.39. The minimum Gasteiger partial charge on any atom is -0.480 e. The van der Waals surface area contributed by atoms with Crippen molar-refractivity contribution in [2.45, 2.75) is 18.8 Å². The first kappa shape index (κ1) is 15.4. The van der Waals surface area contributed by atoms with E-state index in [2.05, 4.69) is 4.99 Å². The molecular weight excluding hydrogens is 286 g/mol. The van der Waals surface area contributed by atoms with Gasteiger partial charge in [0.1, 0.15) is 5.41 Å². The lowest BCUT2D eigenvalue weighted by molar-refractivity contribution is -0.142. The van der Waals surface area contributed by atoms with Crippen molar-refractivity contribution in [1.82, 2.24) is 0 Å². The summed E-state index contributed by atoms with van der Waals surface area (Å²) in [6, 6.07) is 6.13. The Balaban J connectivity index is 2.63. The zero-order valence-corrected chi connectivity index (χ0v) is 11.7. The van der Waals surface area contributed by atoms with Gasteiger partial charge < -0.3 is 10.2 Å². The summed E-state index contributed by atoms with van der Waals surface area (Å²) in [6.45, 7) is 1.65. The van der Waals surface area contributed by atoms with Crippen molar-refractivity contribution >= 4 is 23.7 Å². The number of aliphatic carboxylic acids is 2. The fourth-order valence-corrected chi connectivity index (χ4v) is 2.60. The topological polar surface area (TPSA) is 104 Å². The highest BCUT2D eigenvalue weighted by Gasteiger charge is 2.42. The predicted molar refractivity (Wildman–Crippen MR) is 77.6 cm³/mol. The van der Waals surface area contributed by atoms with Crippen LogP contribution in [0, 0.1) is 0 Å². The lowest BCUT2D eigenvalue weighted by Gasteiger charge is -2.30. The van der Waals surface area contributed by atoms with Gasteiger partial charge in [0.25, 0.3) is 0 Å². The van der Waals surface area contributed by atoms with Gasteiger partial charge in [-0.05, 0) is 30.7 Å². The quantitative estimate of drug-likeness (QED) is 0.656. The number of allylic oxidation sites excluding steroid dienone is 2. The fourth-order valence-electron chi connectivity index (χ4n) is 2.60. The normalized spacial score (nSPS) is 20.4. The zero-order valence-electron chi connectivity index (χ0n) is 11.7. The van der Waals surface area contributed by atoms with Crippen molar-refractivity contribution in [1.29, 1.82) is 0 Å². The van der Waals surface area contributed by atoms with E-state index in [0.717, 1.165) is 0 Å². The maximum absolute atomic E-state index is 11.9. The molecule has 0 amide bonds. The van der Waals surface area contributed by atoms with Crippen LogP contribution in [0.4, 0.5) is 5.69 Å². The summed E-state index contributed by atoms with van der Waals surface area (Å²) in [5.74, 6) is -2.31. The molecule has 0 spiro atoms. The van der Waals surface area contributed by atoms with Gasteiger partial charge in [-0.3, -0.25) is 4.79 Å². The maximum Gasteiger partial charge on any atom is 0.331 e. The second-order valence-corrected chi connectivity index (χ2v) is 5.07. The third kappa shape index (κ3) is 2.73. The van der Waals surface area contributed by atoms with Gasteiger partial charge in [0.2, 0.25) is 6.08 Å². The van der Waals surface area contributed by atoms with Crippen molar-refractivity contribution in [2.24, 2.45) is 4.99 Å². The number of carbonyl (C=O) groups excluding carboxylic acids is 1. The van der Waals surface area contributed by atoms with Crippen LogP contribution in [0.2, 0.25) is 0 Å². The third-order valence-electron chi connectivity index (χ3n) is 3.54. The van der Waals surface area contributed by atoms with Crippen LogP contribution < -0.4 is 0 Å². The number of benzene rings is 1. The number of isocyanates is 1. The van der Waals surface area contributed by atoms with E-state index >= 15 is 0 Å². The van der Waals surface area contributed by atoms with Gasteiger partial charge in [0.05, 0.1) is 5.69 Å². The summed E-state index contributed by atoms with van der Waals surface area (Å²) < 4.78 is 0. The lowest BCUT2D eigenvalue weighted by Crippen LogP contribution is -2.37. The Hall–Kier alpha value is -2.98. The van der Waals surface area contributed by atoms with Crippen LogP contribution in [0.25, 0.3) is 0 Å². The summed E-state index contributed by atoms with van der Waals surface area (Å²) in [6.07, 6.45) is 4.20. The molecule has 1 aromatic carbocycles. The van der Waals surface area contributed by atoms with Crippen LogP contribution >= 0.6 is 0 Å².